The number of nitrogens with zero attached hydrogens (tertiary/aromatic N) is 4. The van der Waals surface area contributed by atoms with Crippen molar-refractivity contribution < 1.29 is 9.53 Å². The molecule has 2 aromatic rings. The lowest BCUT2D eigenvalue weighted by molar-refractivity contribution is -0.130. The van der Waals surface area contributed by atoms with Gasteiger partial charge in [0.1, 0.15) is 11.1 Å². The Morgan fingerprint density at radius 3 is 3.05 bits per heavy atom. The quantitative estimate of drug-likeness (QED) is 0.904. The summed E-state index contributed by atoms with van der Waals surface area (Å²) in [4.78, 5) is 12.7. The molecule has 1 unspecified atom stereocenters. The molecule has 3 heterocycles. The molecular formula is C12H15N5O2S. The van der Waals surface area contributed by atoms with Crippen LogP contribution in [0.15, 0.2) is 0 Å². The van der Waals surface area contributed by atoms with Gasteiger partial charge in [0.2, 0.25) is 10.9 Å². The topological polar surface area (TPSA) is 81.4 Å². The van der Waals surface area contributed by atoms with Crippen molar-refractivity contribution in [3.8, 4) is 0 Å². The average molecular weight is 293 g/mol. The predicted octanol–water partition coefficient (Wildman–Crippen LogP) is 0.858. The Balaban J connectivity index is 1.44. The maximum absolute atomic E-state index is 11.9. The standard InChI is InChI=1S/C12H15N5O2S/c18-11(8-2-1-5-19-8)13-6-9-16-17-10(7-3-4-7)14-15-12(17)20-9/h7-8H,1-6H2,(H,13,18). The highest BCUT2D eigenvalue weighted by Crippen LogP contribution is 2.39. The Morgan fingerprint density at radius 1 is 1.40 bits per heavy atom. The van der Waals surface area contributed by atoms with Crippen LogP contribution in [0.25, 0.3) is 4.96 Å². The summed E-state index contributed by atoms with van der Waals surface area (Å²) in [6, 6.07) is 0. The van der Waals surface area contributed by atoms with Crippen molar-refractivity contribution in [1.29, 1.82) is 0 Å². The smallest absolute Gasteiger partial charge is 0.249 e. The fourth-order valence-electron chi connectivity index (χ4n) is 2.40. The van der Waals surface area contributed by atoms with Crippen LogP contribution in [0.3, 0.4) is 0 Å². The summed E-state index contributed by atoms with van der Waals surface area (Å²) in [5, 5.41) is 16.5. The second-order valence-corrected chi connectivity index (χ2v) is 6.28. The molecule has 1 aliphatic heterocycles. The maximum Gasteiger partial charge on any atom is 0.249 e. The summed E-state index contributed by atoms with van der Waals surface area (Å²) < 4.78 is 7.16. The minimum Gasteiger partial charge on any atom is -0.368 e. The molecular weight excluding hydrogens is 278 g/mol. The SMILES string of the molecule is O=C(NCc1nn2c(C3CC3)nnc2s1)C1CCCO1. The first-order valence-electron chi connectivity index (χ1n) is 6.91. The van der Waals surface area contributed by atoms with E-state index in [1.54, 1.807) is 0 Å². The van der Waals surface area contributed by atoms with Gasteiger partial charge in [0.25, 0.3) is 0 Å². The van der Waals surface area contributed by atoms with E-state index in [9.17, 15) is 4.79 Å². The lowest BCUT2D eigenvalue weighted by Gasteiger charge is -2.08. The Hall–Kier alpha value is -1.54. The largest absolute Gasteiger partial charge is 0.368 e. The third-order valence-electron chi connectivity index (χ3n) is 3.64. The van der Waals surface area contributed by atoms with E-state index in [0.29, 0.717) is 19.1 Å². The molecule has 0 aromatic carbocycles. The highest BCUT2D eigenvalue weighted by molar-refractivity contribution is 7.16. The monoisotopic (exact) mass is 293 g/mol. The highest BCUT2D eigenvalue weighted by Gasteiger charge is 2.30. The molecule has 4 rings (SSSR count). The van der Waals surface area contributed by atoms with Crippen molar-refractivity contribution >= 4 is 22.2 Å². The van der Waals surface area contributed by atoms with E-state index < -0.39 is 0 Å². The first kappa shape index (κ1) is 12.2. The average Bonchev–Trinajstić information content (AvgIpc) is 2.91. The van der Waals surface area contributed by atoms with Crippen molar-refractivity contribution in [3.05, 3.63) is 10.8 Å². The summed E-state index contributed by atoms with van der Waals surface area (Å²) >= 11 is 1.47. The lowest BCUT2D eigenvalue weighted by Crippen LogP contribution is -2.33. The Kier molecular flexibility index (Phi) is 2.92. The van der Waals surface area contributed by atoms with E-state index in [0.717, 1.165) is 28.6 Å². The summed E-state index contributed by atoms with van der Waals surface area (Å²) in [6.45, 7) is 1.11. The minimum atomic E-state index is -0.289. The second-order valence-electron chi connectivity index (χ2n) is 5.24. The van der Waals surface area contributed by atoms with Gasteiger partial charge in [-0.05, 0) is 25.7 Å². The summed E-state index contributed by atoms with van der Waals surface area (Å²) in [6.07, 6.45) is 3.82. The van der Waals surface area contributed by atoms with E-state index in [1.165, 1.54) is 24.2 Å². The molecule has 0 bridgehead atoms. The van der Waals surface area contributed by atoms with Crippen LogP contribution in [-0.2, 0) is 16.1 Å². The lowest BCUT2D eigenvalue weighted by atomic mass is 10.2. The zero-order valence-corrected chi connectivity index (χ0v) is 11.7. The fraction of sp³-hybridized carbons (Fsp3) is 0.667. The molecule has 1 saturated carbocycles. The Labute approximate surface area is 119 Å². The zero-order valence-electron chi connectivity index (χ0n) is 10.9. The summed E-state index contributed by atoms with van der Waals surface area (Å²) in [5.74, 6) is 1.42. The maximum atomic E-state index is 11.9. The number of nitrogens with one attached hydrogen (secondary N) is 1. The number of rotatable bonds is 4. The Bertz CT molecular complexity index is 641. The van der Waals surface area contributed by atoms with Crippen LogP contribution in [0.1, 0.15) is 42.4 Å². The van der Waals surface area contributed by atoms with Crippen molar-refractivity contribution in [2.45, 2.75) is 44.2 Å². The van der Waals surface area contributed by atoms with Crippen molar-refractivity contribution in [2.24, 2.45) is 0 Å². The number of hydrogen-bond donors (Lipinski definition) is 1. The van der Waals surface area contributed by atoms with Gasteiger partial charge in [0.05, 0.1) is 6.54 Å². The number of carbonyl (C=O) groups excluding carboxylic acids is 1. The molecule has 1 amide bonds. The molecule has 106 valence electrons. The summed E-state index contributed by atoms with van der Waals surface area (Å²) in [7, 11) is 0. The van der Waals surface area contributed by atoms with Gasteiger partial charge in [-0.2, -0.15) is 9.61 Å². The van der Waals surface area contributed by atoms with Crippen LogP contribution in [0.2, 0.25) is 0 Å². The van der Waals surface area contributed by atoms with Gasteiger partial charge in [0, 0.05) is 12.5 Å². The molecule has 1 aliphatic carbocycles. The van der Waals surface area contributed by atoms with Crippen molar-refractivity contribution in [1.82, 2.24) is 25.1 Å². The predicted molar refractivity (Wildman–Crippen MR) is 71.5 cm³/mol. The molecule has 1 atom stereocenters. The van der Waals surface area contributed by atoms with Gasteiger partial charge < -0.3 is 10.1 Å². The van der Waals surface area contributed by atoms with Crippen molar-refractivity contribution in [3.63, 3.8) is 0 Å². The molecule has 2 fully saturated rings. The third-order valence-corrected chi connectivity index (χ3v) is 4.53. The first-order valence-corrected chi connectivity index (χ1v) is 7.73. The van der Waals surface area contributed by atoms with Crippen LogP contribution in [0.4, 0.5) is 0 Å². The molecule has 1 saturated heterocycles. The molecule has 8 heteroatoms. The first-order chi connectivity index (χ1) is 9.81. The minimum absolute atomic E-state index is 0.0455. The number of carbonyl (C=O) groups is 1. The van der Waals surface area contributed by atoms with Crippen LogP contribution >= 0.6 is 11.3 Å². The third kappa shape index (κ3) is 2.18. The molecule has 0 radical (unpaired) electrons. The number of ether oxygens (including phenoxy) is 1. The van der Waals surface area contributed by atoms with E-state index in [1.807, 2.05) is 4.52 Å². The fourth-order valence-corrected chi connectivity index (χ4v) is 3.18. The second kappa shape index (κ2) is 4.78. The van der Waals surface area contributed by atoms with E-state index in [4.69, 9.17) is 4.74 Å². The van der Waals surface area contributed by atoms with E-state index >= 15 is 0 Å². The van der Waals surface area contributed by atoms with E-state index in [2.05, 4.69) is 20.6 Å². The van der Waals surface area contributed by atoms with Gasteiger partial charge in [-0.15, -0.1) is 10.2 Å². The molecule has 1 N–H and O–H groups in total. The highest BCUT2D eigenvalue weighted by atomic mass is 32.1. The Morgan fingerprint density at radius 2 is 2.30 bits per heavy atom. The van der Waals surface area contributed by atoms with Gasteiger partial charge in [-0.1, -0.05) is 11.3 Å². The number of amides is 1. The molecule has 7 nitrogen and oxygen atoms in total. The van der Waals surface area contributed by atoms with Gasteiger partial charge in [0.15, 0.2) is 5.82 Å². The number of hydrogen-bond acceptors (Lipinski definition) is 6. The van der Waals surface area contributed by atoms with Crippen LogP contribution in [-0.4, -0.2) is 38.4 Å². The van der Waals surface area contributed by atoms with E-state index in [-0.39, 0.29) is 12.0 Å². The van der Waals surface area contributed by atoms with Crippen LogP contribution in [0.5, 0.6) is 0 Å². The van der Waals surface area contributed by atoms with Gasteiger partial charge in [-0.25, -0.2) is 0 Å². The zero-order chi connectivity index (χ0) is 13.5. The molecule has 0 spiro atoms. The summed E-state index contributed by atoms with van der Waals surface area (Å²) in [5.41, 5.74) is 0. The molecule has 2 aromatic heterocycles. The normalized spacial score (nSPS) is 22.5. The van der Waals surface area contributed by atoms with Crippen molar-refractivity contribution in [2.75, 3.05) is 6.61 Å². The van der Waals surface area contributed by atoms with Gasteiger partial charge in [-0.3, -0.25) is 4.79 Å². The van der Waals surface area contributed by atoms with Crippen LogP contribution < -0.4 is 5.32 Å². The number of aromatic nitrogens is 4. The number of fused-ring (bicyclic) bond motifs is 1. The van der Waals surface area contributed by atoms with Crippen LogP contribution in [0, 0.1) is 0 Å². The molecule has 2 aliphatic rings. The molecule has 20 heavy (non-hydrogen) atoms. The van der Waals surface area contributed by atoms with Gasteiger partial charge >= 0.3 is 0 Å².